The SMILES string of the molecule is CN[C@@H](CO)c1cccc(C)c1N. The molecule has 13 heavy (non-hydrogen) atoms. The number of nitrogen functional groups attached to an aromatic ring is 1. The van der Waals surface area contributed by atoms with E-state index in [1.165, 1.54) is 0 Å². The van der Waals surface area contributed by atoms with Crippen LogP contribution in [0, 0.1) is 6.92 Å². The predicted molar refractivity (Wildman–Crippen MR) is 54.5 cm³/mol. The molecule has 1 atom stereocenters. The van der Waals surface area contributed by atoms with Crippen molar-refractivity contribution < 1.29 is 5.11 Å². The molecule has 1 aromatic carbocycles. The van der Waals surface area contributed by atoms with E-state index < -0.39 is 0 Å². The van der Waals surface area contributed by atoms with E-state index in [0.717, 1.165) is 16.8 Å². The molecule has 3 heteroatoms. The highest BCUT2D eigenvalue weighted by atomic mass is 16.3. The van der Waals surface area contributed by atoms with Crippen molar-refractivity contribution >= 4 is 5.69 Å². The van der Waals surface area contributed by atoms with Crippen molar-refractivity contribution in [3.63, 3.8) is 0 Å². The Hall–Kier alpha value is -1.06. The van der Waals surface area contributed by atoms with E-state index in [2.05, 4.69) is 5.32 Å². The van der Waals surface area contributed by atoms with Gasteiger partial charge in [0, 0.05) is 5.69 Å². The molecule has 0 saturated heterocycles. The summed E-state index contributed by atoms with van der Waals surface area (Å²) < 4.78 is 0. The van der Waals surface area contributed by atoms with Gasteiger partial charge in [0.1, 0.15) is 0 Å². The van der Waals surface area contributed by atoms with Crippen molar-refractivity contribution in [2.75, 3.05) is 19.4 Å². The summed E-state index contributed by atoms with van der Waals surface area (Å²) in [6.45, 7) is 2.02. The Morgan fingerprint density at radius 2 is 2.23 bits per heavy atom. The second-order valence-corrected chi connectivity index (χ2v) is 3.10. The van der Waals surface area contributed by atoms with E-state index >= 15 is 0 Å². The fraction of sp³-hybridized carbons (Fsp3) is 0.400. The second-order valence-electron chi connectivity index (χ2n) is 3.10. The van der Waals surface area contributed by atoms with Crippen LogP contribution in [0.3, 0.4) is 0 Å². The molecule has 3 nitrogen and oxygen atoms in total. The summed E-state index contributed by atoms with van der Waals surface area (Å²) in [5.41, 5.74) is 8.65. The van der Waals surface area contributed by atoms with Gasteiger partial charge < -0.3 is 16.2 Å². The normalized spacial score (nSPS) is 12.8. The summed E-state index contributed by atoms with van der Waals surface area (Å²) in [5.74, 6) is 0. The zero-order chi connectivity index (χ0) is 9.84. The molecular weight excluding hydrogens is 164 g/mol. The summed E-state index contributed by atoms with van der Waals surface area (Å²) in [7, 11) is 1.81. The molecule has 0 aliphatic rings. The molecule has 0 aliphatic heterocycles. The van der Waals surface area contributed by atoms with Crippen LogP contribution in [-0.2, 0) is 0 Å². The quantitative estimate of drug-likeness (QED) is 0.604. The summed E-state index contributed by atoms with van der Waals surface area (Å²) >= 11 is 0. The number of aliphatic hydroxyl groups is 1. The van der Waals surface area contributed by atoms with Gasteiger partial charge in [-0.05, 0) is 25.1 Å². The number of rotatable bonds is 3. The highest BCUT2D eigenvalue weighted by Gasteiger charge is 2.11. The minimum absolute atomic E-state index is 0.0597. The Kier molecular flexibility index (Phi) is 3.28. The van der Waals surface area contributed by atoms with Gasteiger partial charge in [-0.25, -0.2) is 0 Å². The molecule has 0 unspecified atom stereocenters. The lowest BCUT2D eigenvalue weighted by atomic mass is 10.0. The van der Waals surface area contributed by atoms with E-state index in [-0.39, 0.29) is 12.6 Å². The highest BCUT2D eigenvalue weighted by molar-refractivity contribution is 5.54. The number of nitrogens with two attached hydrogens (primary N) is 1. The number of hydrogen-bond donors (Lipinski definition) is 3. The maximum Gasteiger partial charge on any atom is 0.0627 e. The molecule has 72 valence electrons. The van der Waals surface area contributed by atoms with Crippen molar-refractivity contribution in [3.8, 4) is 0 Å². The maximum absolute atomic E-state index is 9.08. The molecule has 4 N–H and O–H groups in total. The number of nitrogens with one attached hydrogen (secondary N) is 1. The van der Waals surface area contributed by atoms with Crippen LogP contribution in [-0.4, -0.2) is 18.8 Å². The lowest BCUT2D eigenvalue weighted by Gasteiger charge is -2.16. The van der Waals surface area contributed by atoms with E-state index in [1.54, 1.807) is 0 Å². The van der Waals surface area contributed by atoms with E-state index in [0.29, 0.717) is 0 Å². The number of anilines is 1. The van der Waals surface area contributed by atoms with Crippen molar-refractivity contribution in [2.24, 2.45) is 0 Å². The molecular formula is C10H16N2O. The van der Waals surface area contributed by atoms with Gasteiger partial charge in [0.05, 0.1) is 12.6 Å². The molecule has 0 spiro atoms. The molecule has 0 aliphatic carbocycles. The Balaban J connectivity index is 3.05. The first-order valence-electron chi connectivity index (χ1n) is 4.33. The average molecular weight is 180 g/mol. The van der Waals surface area contributed by atoms with Gasteiger partial charge >= 0.3 is 0 Å². The van der Waals surface area contributed by atoms with E-state index in [9.17, 15) is 0 Å². The number of aliphatic hydroxyl groups excluding tert-OH is 1. The van der Waals surface area contributed by atoms with Gasteiger partial charge in [-0.2, -0.15) is 0 Å². The van der Waals surface area contributed by atoms with Gasteiger partial charge in [-0.1, -0.05) is 18.2 Å². The van der Waals surface area contributed by atoms with Crippen LogP contribution in [0.1, 0.15) is 17.2 Å². The van der Waals surface area contributed by atoms with Gasteiger partial charge in [-0.3, -0.25) is 0 Å². The lowest BCUT2D eigenvalue weighted by molar-refractivity contribution is 0.251. The van der Waals surface area contributed by atoms with Crippen LogP contribution >= 0.6 is 0 Å². The molecule has 0 fully saturated rings. The fourth-order valence-corrected chi connectivity index (χ4v) is 1.35. The molecule has 1 aromatic rings. The van der Waals surface area contributed by atoms with Crippen molar-refractivity contribution in [3.05, 3.63) is 29.3 Å². The van der Waals surface area contributed by atoms with E-state index in [1.807, 2.05) is 32.2 Å². The first-order valence-corrected chi connectivity index (χ1v) is 4.33. The van der Waals surface area contributed by atoms with Crippen LogP contribution in [0.2, 0.25) is 0 Å². The van der Waals surface area contributed by atoms with Crippen LogP contribution in [0.5, 0.6) is 0 Å². The van der Waals surface area contributed by atoms with Gasteiger partial charge in [0.25, 0.3) is 0 Å². The first-order chi connectivity index (χ1) is 6.20. The van der Waals surface area contributed by atoms with E-state index in [4.69, 9.17) is 10.8 Å². The summed E-state index contributed by atoms with van der Waals surface area (Å²) in [5, 5.41) is 12.1. The smallest absolute Gasteiger partial charge is 0.0627 e. The monoisotopic (exact) mass is 180 g/mol. The third-order valence-electron chi connectivity index (χ3n) is 2.26. The minimum Gasteiger partial charge on any atom is -0.398 e. The Labute approximate surface area is 78.6 Å². The van der Waals surface area contributed by atoms with Crippen LogP contribution < -0.4 is 11.1 Å². The highest BCUT2D eigenvalue weighted by Crippen LogP contribution is 2.22. The average Bonchev–Trinajstić information content (AvgIpc) is 2.14. The zero-order valence-electron chi connectivity index (χ0n) is 8.04. The molecule has 1 rings (SSSR count). The third-order valence-corrected chi connectivity index (χ3v) is 2.26. The topological polar surface area (TPSA) is 58.3 Å². The van der Waals surface area contributed by atoms with Crippen molar-refractivity contribution in [1.29, 1.82) is 0 Å². The third kappa shape index (κ3) is 1.99. The Morgan fingerprint density at radius 1 is 1.54 bits per heavy atom. The number of aryl methyl sites for hydroxylation is 1. The van der Waals surface area contributed by atoms with Gasteiger partial charge in [-0.15, -0.1) is 0 Å². The van der Waals surface area contributed by atoms with Crippen LogP contribution in [0.4, 0.5) is 5.69 Å². The Morgan fingerprint density at radius 3 is 2.77 bits per heavy atom. The Bertz CT molecular complexity index is 282. The van der Waals surface area contributed by atoms with Crippen molar-refractivity contribution in [1.82, 2.24) is 5.32 Å². The number of likely N-dealkylation sites (N-methyl/N-ethyl adjacent to an activating group) is 1. The molecule has 0 radical (unpaired) electrons. The second kappa shape index (κ2) is 4.25. The number of hydrogen-bond acceptors (Lipinski definition) is 3. The standard InChI is InChI=1S/C10H16N2O/c1-7-4-3-5-8(10(7)11)9(6-13)12-2/h3-5,9,12-13H,6,11H2,1-2H3/t9-/m0/s1. The number of benzene rings is 1. The molecule has 0 bridgehead atoms. The fourth-order valence-electron chi connectivity index (χ4n) is 1.35. The first kappa shape index (κ1) is 10.0. The molecule has 0 saturated carbocycles. The molecule has 0 heterocycles. The number of para-hydroxylation sites is 1. The maximum atomic E-state index is 9.08. The zero-order valence-corrected chi connectivity index (χ0v) is 8.04. The largest absolute Gasteiger partial charge is 0.398 e. The summed E-state index contributed by atoms with van der Waals surface area (Å²) in [6, 6.07) is 5.77. The molecule has 0 aromatic heterocycles. The minimum atomic E-state index is -0.0695. The predicted octanol–water partition coefficient (Wildman–Crippen LogP) is 0.830. The van der Waals surface area contributed by atoms with Gasteiger partial charge in [0.2, 0.25) is 0 Å². The van der Waals surface area contributed by atoms with Crippen LogP contribution in [0.15, 0.2) is 18.2 Å². The van der Waals surface area contributed by atoms with Crippen molar-refractivity contribution in [2.45, 2.75) is 13.0 Å². The van der Waals surface area contributed by atoms with Gasteiger partial charge in [0.15, 0.2) is 0 Å². The summed E-state index contributed by atoms with van der Waals surface area (Å²) in [6.07, 6.45) is 0. The van der Waals surface area contributed by atoms with Crippen LogP contribution in [0.25, 0.3) is 0 Å². The summed E-state index contributed by atoms with van der Waals surface area (Å²) in [4.78, 5) is 0. The lowest BCUT2D eigenvalue weighted by Crippen LogP contribution is -2.21. The molecule has 0 amide bonds.